The number of aromatic nitrogens is 3. The Morgan fingerprint density at radius 3 is 2.43 bits per heavy atom. The third-order valence-corrected chi connectivity index (χ3v) is 6.14. The van der Waals surface area contributed by atoms with Gasteiger partial charge >= 0.3 is 0 Å². The smallest absolute Gasteiger partial charge is 0.264 e. The summed E-state index contributed by atoms with van der Waals surface area (Å²) in [6.45, 7) is 2.91. The largest absolute Gasteiger partial charge is 0.353 e. The molecule has 0 bridgehead atoms. The first-order chi connectivity index (χ1) is 13.8. The van der Waals surface area contributed by atoms with Gasteiger partial charge in [-0.2, -0.15) is 0 Å². The van der Waals surface area contributed by atoms with Crippen molar-refractivity contribution in [2.75, 3.05) is 31.1 Å². The fourth-order valence-corrected chi connectivity index (χ4v) is 4.55. The normalized spacial score (nSPS) is 14.6. The summed E-state index contributed by atoms with van der Waals surface area (Å²) >= 11 is 1.57. The molecule has 1 aliphatic heterocycles. The van der Waals surface area contributed by atoms with Crippen LogP contribution in [0.5, 0.6) is 0 Å². The highest BCUT2D eigenvalue weighted by molar-refractivity contribution is 7.20. The van der Waals surface area contributed by atoms with Gasteiger partial charge in [-0.05, 0) is 29.7 Å². The molecule has 0 unspecified atom stereocenters. The van der Waals surface area contributed by atoms with Gasteiger partial charge in [-0.1, -0.05) is 18.2 Å². The number of anilines is 1. The van der Waals surface area contributed by atoms with Crippen molar-refractivity contribution in [2.45, 2.75) is 0 Å². The molecule has 7 heteroatoms. The maximum Gasteiger partial charge on any atom is 0.264 e. The van der Waals surface area contributed by atoms with Gasteiger partial charge in [0, 0.05) is 49.3 Å². The zero-order valence-corrected chi connectivity index (χ0v) is 16.0. The third kappa shape index (κ3) is 3.14. The summed E-state index contributed by atoms with van der Waals surface area (Å²) in [6.07, 6.45) is 5.53. The van der Waals surface area contributed by atoms with Crippen LogP contribution in [-0.2, 0) is 0 Å². The molecule has 1 saturated heterocycles. The van der Waals surface area contributed by atoms with E-state index in [1.807, 2.05) is 58.3 Å². The summed E-state index contributed by atoms with van der Waals surface area (Å²) in [5, 5.41) is 1.13. The van der Waals surface area contributed by atoms with E-state index in [-0.39, 0.29) is 5.91 Å². The molecule has 4 aromatic rings. The van der Waals surface area contributed by atoms with E-state index in [0.717, 1.165) is 39.7 Å². The molecule has 140 valence electrons. The van der Waals surface area contributed by atoms with Crippen LogP contribution in [0.4, 0.5) is 5.82 Å². The number of benzene rings is 1. The van der Waals surface area contributed by atoms with Crippen molar-refractivity contribution < 1.29 is 4.79 Å². The van der Waals surface area contributed by atoms with Crippen molar-refractivity contribution >= 4 is 33.1 Å². The number of carbonyl (C=O) groups excluding carboxylic acids is 1. The van der Waals surface area contributed by atoms with E-state index in [2.05, 4.69) is 27.0 Å². The van der Waals surface area contributed by atoms with Crippen molar-refractivity contribution in [3.63, 3.8) is 0 Å². The first-order valence-corrected chi connectivity index (χ1v) is 10.1. The minimum absolute atomic E-state index is 0.122. The van der Waals surface area contributed by atoms with Gasteiger partial charge in [0.1, 0.15) is 18.0 Å². The molecule has 3 aromatic heterocycles. The highest BCUT2D eigenvalue weighted by Gasteiger charge is 2.24. The van der Waals surface area contributed by atoms with Crippen LogP contribution in [0.3, 0.4) is 0 Å². The van der Waals surface area contributed by atoms with Gasteiger partial charge < -0.3 is 14.4 Å². The van der Waals surface area contributed by atoms with Crippen LogP contribution in [0.15, 0.2) is 67.3 Å². The molecule has 1 aliphatic rings. The molecule has 0 N–H and O–H groups in total. The lowest BCUT2D eigenvalue weighted by Gasteiger charge is -2.35. The lowest BCUT2D eigenvalue weighted by molar-refractivity contribution is 0.0751. The second-order valence-electron chi connectivity index (χ2n) is 6.75. The molecule has 1 amide bonds. The monoisotopic (exact) mass is 389 g/mol. The van der Waals surface area contributed by atoms with Gasteiger partial charge in [0.15, 0.2) is 0 Å². The van der Waals surface area contributed by atoms with Crippen LogP contribution in [0, 0.1) is 0 Å². The van der Waals surface area contributed by atoms with Crippen LogP contribution < -0.4 is 4.90 Å². The molecule has 6 nitrogen and oxygen atoms in total. The van der Waals surface area contributed by atoms with E-state index in [1.54, 1.807) is 17.7 Å². The lowest BCUT2D eigenvalue weighted by atomic mass is 10.2. The molecule has 4 heterocycles. The number of amides is 1. The Balaban J connectivity index is 1.28. The molecule has 0 atom stereocenters. The Morgan fingerprint density at radius 1 is 0.893 bits per heavy atom. The van der Waals surface area contributed by atoms with Crippen molar-refractivity contribution in [3.05, 3.63) is 72.1 Å². The first kappa shape index (κ1) is 16.9. The first-order valence-electron chi connectivity index (χ1n) is 9.26. The predicted octanol–water partition coefficient (Wildman–Crippen LogP) is 3.44. The van der Waals surface area contributed by atoms with E-state index in [9.17, 15) is 4.79 Å². The van der Waals surface area contributed by atoms with E-state index in [0.29, 0.717) is 13.1 Å². The summed E-state index contributed by atoms with van der Waals surface area (Å²) < 4.78 is 3.12. The molecule has 0 aliphatic carbocycles. The Labute approximate surface area is 166 Å². The SMILES string of the molecule is O=C(c1cc2ccccc2s1)N1CCN(c2cc(-n3cccc3)ncn2)CC1. The third-order valence-electron chi connectivity index (χ3n) is 5.03. The molecule has 0 saturated carbocycles. The van der Waals surface area contributed by atoms with Crippen molar-refractivity contribution in [2.24, 2.45) is 0 Å². The Bertz CT molecular complexity index is 1080. The minimum Gasteiger partial charge on any atom is -0.353 e. The summed E-state index contributed by atoms with van der Waals surface area (Å²) in [7, 11) is 0. The molecule has 1 fully saturated rings. The predicted molar refractivity (Wildman–Crippen MR) is 111 cm³/mol. The Kier molecular flexibility index (Phi) is 4.29. The summed E-state index contributed by atoms with van der Waals surface area (Å²) in [6, 6.07) is 16.1. The number of rotatable bonds is 3. The second-order valence-corrected chi connectivity index (χ2v) is 7.84. The maximum absolute atomic E-state index is 12.9. The number of carbonyl (C=O) groups is 1. The number of thiophene rings is 1. The van der Waals surface area contributed by atoms with Crippen molar-refractivity contribution in [1.29, 1.82) is 0 Å². The van der Waals surface area contributed by atoms with Crippen LogP contribution in [0.1, 0.15) is 9.67 Å². The van der Waals surface area contributed by atoms with Crippen LogP contribution in [-0.4, -0.2) is 51.5 Å². The van der Waals surface area contributed by atoms with Gasteiger partial charge in [-0.3, -0.25) is 4.79 Å². The highest BCUT2D eigenvalue weighted by atomic mass is 32.1. The quantitative estimate of drug-likeness (QED) is 0.539. The van der Waals surface area contributed by atoms with Crippen LogP contribution in [0.2, 0.25) is 0 Å². The molecular weight excluding hydrogens is 370 g/mol. The Hall–Kier alpha value is -3.19. The minimum atomic E-state index is 0.122. The summed E-state index contributed by atoms with van der Waals surface area (Å²) in [5.74, 6) is 1.86. The number of nitrogens with zero attached hydrogens (tertiary/aromatic N) is 5. The van der Waals surface area contributed by atoms with Crippen molar-refractivity contribution in [1.82, 2.24) is 19.4 Å². The fraction of sp³-hybridized carbons (Fsp3) is 0.190. The van der Waals surface area contributed by atoms with E-state index in [4.69, 9.17) is 0 Å². The van der Waals surface area contributed by atoms with Gasteiger partial charge in [0.25, 0.3) is 5.91 Å². The molecule has 28 heavy (non-hydrogen) atoms. The van der Waals surface area contributed by atoms with Crippen molar-refractivity contribution in [3.8, 4) is 5.82 Å². The van der Waals surface area contributed by atoms with Gasteiger partial charge in [0.2, 0.25) is 0 Å². The standard InChI is InChI=1S/C21H19N5OS/c27-21(18-13-16-5-1-2-6-17(16)28-18)26-11-9-25(10-12-26)20-14-19(22-15-23-20)24-7-3-4-8-24/h1-8,13-15H,9-12H2. The molecular formula is C21H19N5OS. The van der Waals surface area contributed by atoms with Crippen LogP contribution >= 0.6 is 11.3 Å². The van der Waals surface area contributed by atoms with E-state index < -0.39 is 0 Å². The summed E-state index contributed by atoms with van der Waals surface area (Å²) in [5.41, 5.74) is 0. The van der Waals surface area contributed by atoms with E-state index in [1.165, 1.54) is 0 Å². The molecule has 0 radical (unpaired) electrons. The average Bonchev–Trinajstić information content (AvgIpc) is 3.43. The zero-order valence-electron chi connectivity index (χ0n) is 15.2. The van der Waals surface area contributed by atoms with E-state index >= 15 is 0 Å². The fourth-order valence-electron chi connectivity index (χ4n) is 3.52. The number of hydrogen-bond acceptors (Lipinski definition) is 5. The van der Waals surface area contributed by atoms with Crippen LogP contribution in [0.25, 0.3) is 15.9 Å². The average molecular weight is 389 g/mol. The number of piperazine rings is 1. The highest BCUT2D eigenvalue weighted by Crippen LogP contribution is 2.27. The second kappa shape index (κ2) is 7.09. The number of hydrogen-bond donors (Lipinski definition) is 0. The molecule has 1 aromatic carbocycles. The van der Waals surface area contributed by atoms with Gasteiger partial charge in [0.05, 0.1) is 4.88 Å². The topological polar surface area (TPSA) is 54.3 Å². The lowest BCUT2D eigenvalue weighted by Crippen LogP contribution is -2.48. The number of fused-ring (bicyclic) bond motifs is 1. The maximum atomic E-state index is 12.9. The molecule has 5 rings (SSSR count). The van der Waals surface area contributed by atoms with Gasteiger partial charge in [-0.25, -0.2) is 9.97 Å². The van der Waals surface area contributed by atoms with Gasteiger partial charge in [-0.15, -0.1) is 11.3 Å². The molecule has 0 spiro atoms. The summed E-state index contributed by atoms with van der Waals surface area (Å²) in [4.78, 5) is 26.6. The Morgan fingerprint density at radius 2 is 1.64 bits per heavy atom. The zero-order chi connectivity index (χ0) is 18.9.